The van der Waals surface area contributed by atoms with Crippen LogP contribution < -0.4 is 15.9 Å². The molecule has 0 atom stereocenters. The van der Waals surface area contributed by atoms with Crippen molar-refractivity contribution in [2.24, 2.45) is 0 Å². The van der Waals surface area contributed by atoms with Gasteiger partial charge >= 0.3 is 0 Å². The van der Waals surface area contributed by atoms with E-state index in [1.807, 2.05) is 24.3 Å². The Bertz CT molecular complexity index is 1010. The highest BCUT2D eigenvalue weighted by molar-refractivity contribution is 9.10. The lowest BCUT2D eigenvalue weighted by atomic mass is 10.2. The van der Waals surface area contributed by atoms with Gasteiger partial charge in [0.05, 0.1) is 4.47 Å². The fourth-order valence-corrected chi connectivity index (χ4v) is 8.88. The van der Waals surface area contributed by atoms with E-state index in [1.54, 1.807) is 6.07 Å². The van der Waals surface area contributed by atoms with Crippen LogP contribution in [0.3, 0.4) is 0 Å². The molecule has 0 saturated carbocycles. The van der Waals surface area contributed by atoms with Crippen LogP contribution >= 0.6 is 34.8 Å². The van der Waals surface area contributed by atoms with E-state index in [2.05, 4.69) is 88.7 Å². The minimum absolute atomic E-state index is 0.251. The van der Waals surface area contributed by atoms with Crippen LogP contribution in [0.4, 0.5) is 0 Å². The molecule has 0 heterocycles. The quantitative estimate of drug-likeness (QED) is 0.331. The van der Waals surface area contributed by atoms with Crippen molar-refractivity contribution in [1.29, 1.82) is 0 Å². The van der Waals surface area contributed by atoms with Crippen LogP contribution in [0.1, 0.15) is 5.56 Å². The maximum absolute atomic E-state index is 10.8. The number of hydrogen-bond donors (Lipinski definition) is 1. The second-order valence-electron chi connectivity index (χ2n) is 6.87. The molecule has 0 radical (unpaired) electrons. The van der Waals surface area contributed by atoms with Crippen molar-refractivity contribution in [1.82, 2.24) is 0 Å². The van der Waals surface area contributed by atoms with Crippen molar-refractivity contribution in [3.05, 3.63) is 118 Å². The lowest BCUT2D eigenvalue weighted by molar-refractivity contribution is 0.467. The molecule has 0 spiro atoms. The second-order valence-corrected chi connectivity index (χ2v) is 11.6. The van der Waals surface area contributed by atoms with E-state index in [0.29, 0.717) is 15.7 Å². The molecule has 4 heteroatoms. The summed E-state index contributed by atoms with van der Waals surface area (Å²) in [5.74, 6) is 0.251. The van der Waals surface area contributed by atoms with Gasteiger partial charge in [0, 0.05) is 10.6 Å². The number of halogens is 2. The molecule has 1 N–H and O–H groups in total. The summed E-state index contributed by atoms with van der Waals surface area (Å²) < 4.78 is 0.618. The SMILES string of the molecule is Oc1c(Br)cc(Cl)cc1C[P+](c1ccccc1)(c1ccccc1)c1ccccc1. The zero-order chi connectivity index (χ0) is 20.3. The molecule has 0 aliphatic rings. The molecule has 0 amide bonds. The Balaban J connectivity index is 2.04. The number of aromatic hydroxyl groups is 1. The Morgan fingerprint density at radius 1 is 0.690 bits per heavy atom. The van der Waals surface area contributed by atoms with Crippen molar-refractivity contribution in [3.63, 3.8) is 0 Å². The Kier molecular flexibility index (Phi) is 6.06. The van der Waals surface area contributed by atoms with E-state index < -0.39 is 7.26 Å². The van der Waals surface area contributed by atoms with Crippen LogP contribution in [0.2, 0.25) is 5.02 Å². The first-order valence-electron chi connectivity index (χ1n) is 9.33. The molecule has 0 fully saturated rings. The highest BCUT2D eigenvalue weighted by atomic mass is 79.9. The summed E-state index contributed by atoms with van der Waals surface area (Å²) in [6.07, 6.45) is 0.677. The lowest BCUT2D eigenvalue weighted by Gasteiger charge is -2.28. The monoisotopic (exact) mass is 481 g/mol. The van der Waals surface area contributed by atoms with Gasteiger partial charge in [-0.25, -0.2) is 0 Å². The molecule has 0 unspecified atom stereocenters. The van der Waals surface area contributed by atoms with Gasteiger partial charge in [0.15, 0.2) is 0 Å². The molecule has 0 bridgehead atoms. The third-order valence-corrected chi connectivity index (χ3v) is 10.3. The van der Waals surface area contributed by atoms with Crippen LogP contribution in [0.15, 0.2) is 108 Å². The Morgan fingerprint density at radius 3 is 1.52 bits per heavy atom. The predicted molar refractivity (Wildman–Crippen MR) is 130 cm³/mol. The molecular weight excluding hydrogens is 463 g/mol. The van der Waals surface area contributed by atoms with Gasteiger partial charge in [-0.05, 0) is 64.5 Å². The van der Waals surface area contributed by atoms with Crippen molar-refractivity contribution >= 4 is 50.7 Å². The normalized spacial score (nSPS) is 11.4. The third kappa shape index (κ3) is 3.98. The van der Waals surface area contributed by atoms with Gasteiger partial charge in [-0.2, -0.15) is 0 Å². The molecule has 0 aliphatic heterocycles. The average molecular weight is 483 g/mol. The first-order chi connectivity index (χ1) is 14.1. The molecule has 4 aromatic carbocycles. The maximum atomic E-state index is 10.8. The standard InChI is InChI=1S/C25H19BrClOP/c26-24-17-20(27)16-19(25(24)28)18-29(21-10-4-1-5-11-21,22-12-6-2-7-13-22)23-14-8-3-9-15-23/h1-17H,18H2/p+1. The number of phenols is 1. The van der Waals surface area contributed by atoms with E-state index in [1.165, 1.54) is 15.9 Å². The number of phenolic OH excluding ortho intramolecular Hbond substituents is 1. The van der Waals surface area contributed by atoms with Gasteiger partial charge in [-0.15, -0.1) is 0 Å². The summed E-state index contributed by atoms with van der Waals surface area (Å²) in [5.41, 5.74) is 0.842. The van der Waals surface area contributed by atoms with Gasteiger partial charge < -0.3 is 5.11 Å². The van der Waals surface area contributed by atoms with Gasteiger partial charge in [0.2, 0.25) is 0 Å². The zero-order valence-corrected chi connectivity index (χ0v) is 18.9. The number of rotatable bonds is 5. The Morgan fingerprint density at radius 2 is 1.10 bits per heavy atom. The molecule has 1 nitrogen and oxygen atoms in total. The van der Waals surface area contributed by atoms with Gasteiger partial charge in [0.25, 0.3) is 0 Å². The van der Waals surface area contributed by atoms with Crippen LogP contribution in [-0.4, -0.2) is 5.11 Å². The highest BCUT2D eigenvalue weighted by Crippen LogP contribution is 2.59. The highest BCUT2D eigenvalue weighted by Gasteiger charge is 2.46. The molecule has 144 valence electrons. The smallest absolute Gasteiger partial charge is 0.136 e. The van der Waals surface area contributed by atoms with Crippen molar-refractivity contribution in [2.45, 2.75) is 6.16 Å². The Labute approximate surface area is 185 Å². The van der Waals surface area contributed by atoms with Crippen LogP contribution in [0, 0.1) is 0 Å². The minimum atomic E-state index is -2.08. The summed E-state index contributed by atoms with van der Waals surface area (Å²) in [4.78, 5) is 0. The third-order valence-electron chi connectivity index (χ3n) is 5.11. The fourth-order valence-electron chi connectivity index (χ4n) is 3.76. The van der Waals surface area contributed by atoms with E-state index in [-0.39, 0.29) is 5.75 Å². The summed E-state index contributed by atoms with van der Waals surface area (Å²) >= 11 is 9.81. The predicted octanol–water partition coefficient (Wildman–Crippen LogP) is 6.30. The Hall–Kier alpha value is -2.12. The number of benzene rings is 4. The second kappa shape index (κ2) is 8.71. The van der Waals surface area contributed by atoms with E-state index >= 15 is 0 Å². The first kappa shape index (κ1) is 20.2. The lowest BCUT2D eigenvalue weighted by Crippen LogP contribution is -2.32. The van der Waals surface area contributed by atoms with E-state index in [9.17, 15) is 5.11 Å². The molecule has 4 aromatic rings. The zero-order valence-electron chi connectivity index (χ0n) is 15.7. The summed E-state index contributed by atoms with van der Waals surface area (Å²) in [6.45, 7) is 0. The van der Waals surface area contributed by atoms with Crippen LogP contribution in [0.5, 0.6) is 5.75 Å². The largest absolute Gasteiger partial charge is 0.506 e. The van der Waals surface area contributed by atoms with Crippen LogP contribution in [-0.2, 0) is 6.16 Å². The van der Waals surface area contributed by atoms with Gasteiger partial charge in [-0.3, -0.25) is 0 Å². The molecular formula is C25H20BrClOP+. The molecule has 0 saturated heterocycles. The minimum Gasteiger partial charge on any atom is -0.506 e. The van der Waals surface area contributed by atoms with Gasteiger partial charge in [-0.1, -0.05) is 66.2 Å². The van der Waals surface area contributed by atoms with Gasteiger partial charge in [0.1, 0.15) is 35.1 Å². The van der Waals surface area contributed by atoms with Crippen molar-refractivity contribution in [3.8, 4) is 5.75 Å². The molecule has 0 aromatic heterocycles. The van der Waals surface area contributed by atoms with Crippen molar-refractivity contribution < 1.29 is 5.11 Å². The van der Waals surface area contributed by atoms with E-state index in [0.717, 1.165) is 5.56 Å². The molecule has 29 heavy (non-hydrogen) atoms. The summed E-state index contributed by atoms with van der Waals surface area (Å²) in [6, 6.07) is 35.5. The maximum Gasteiger partial charge on any atom is 0.136 e. The summed E-state index contributed by atoms with van der Waals surface area (Å²) in [7, 11) is -2.08. The summed E-state index contributed by atoms with van der Waals surface area (Å²) in [5, 5.41) is 15.3. The molecule has 0 aliphatic carbocycles. The first-order valence-corrected chi connectivity index (χ1v) is 12.5. The van der Waals surface area contributed by atoms with E-state index in [4.69, 9.17) is 11.6 Å². The number of hydrogen-bond acceptors (Lipinski definition) is 1. The average Bonchev–Trinajstić information content (AvgIpc) is 2.77. The topological polar surface area (TPSA) is 20.2 Å². The molecule has 4 rings (SSSR count). The van der Waals surface area contributed by atoms with Crippen molar-refractivity contribution in [2.75, 3.05) is 0 Å². The van der Waals surface area contributed by atoms with Crippen LogP contribution in [0.25, 0.3) is 0 Å². The fraction of sp³-hybridized carbons (Fsp3) is 0.0400.